The van der Waals surface area contributed by atoms with E-state index in [0.717, 1.165) is 4.31 Å². The Bertz CT molecular complexity index is 868. The van der Waals surface area contributed by atoms with Crippen LogP contribution in [0.25, 0.3) is 0 Å². The fourth-order valence-corrected chi connectivity index (χ4v) is 3.12. The molecule has 6 nitrogen and oxygen atoms in total. The second-order valence-corrected chi connectivity index (χ2v) is 8.11. The molecule has 1 amide bonds. The maximum Gasteiger partial charge on any atom is 0.265 e. The molecule has 134 valence electrons. The second kappa shape index (κ2) is 7.86. The second-order valence-electron chi connectivity index (χ2n) is 5.52. The first-order valence-corrected chi connectivity index (χ1v) is 9.27. The predicted molar refractivity (Wildman–Crippen MR) is 97.5 cm³/mol. The quantitative estimate of drug-likeness (QED) is 0.833. The Balaban J connectivity index is 2.10. The molecule has 0 aliphatic heterocycles. The molecule has 0 bridgehead atoms. The molecule has 0 spiro atoms. The van der Waals surface area contributed by atoms with Crippen molar-refractivity contribution in [3.8, 4) is 5.75 Å². The first-order valence-electron chi connectivity index (χ1n) is 7.46. The van der Waals surface area contributed by atoms with Crippen LogP contribution in [0.15, 0.2) is 53.4 Å². The fraction of sp³-hybridized carbons (Fsp3) is 0.235. The molecule has 2 rings (SSSR count). The van der Waals surface area contributed by atoms with Gasteiger partial charge in [0.15, 0.2) is 6.10 Å². The van der Waals surface area contributed by atoms with Crippen LogP contribution in [0, 0.1) is 0 Å². The molecule has 0 saturated carbocycles. The van der Waals surface area contributed by atoms with Gasteiger partial charge in [-0.3, -0.25) is 4.79 Å². The van der Waals surface area contributed by atoms with Crippen LogP contribution in [-0.4, -0.2) is 38.8 Å². The van der Waals surface area contributed by atoms with Crippen molar-refractivity contribution in [2.75, 3.05) is 19.4 Å². The van der Waals surface area contributed by atoms with E-state index in [1.54, 1.807) is 43.3 Å². The minimum absolute atomic E-state index is 0.0960. The van der Waals surface area contributed by atoms with Gasteiger partial charge in [0.2, 0.25) is 10.0 Å². The highest BCUT2D eigenvalue weighted by atomic mass is 35.5. The SMILES string of the molecule is CC(Oc1cccc(Cl)c1)C(=O)Nc1cccc(S(=O)(=O)N(C)C)c1. The highest BCUT2D eigenvalue weighted by molar-refractivity contribution is 7.89. The number of amides is 1. The summed E-state index contributed by atoms with van der Waals surface area (Å²) in [7, 11) is -0.681. The van der Waals surface area contributed by atoms with E-state index in [0.29, 0.717) is 16.5 Å². The van der Waals surface area contributed by atoms with E-state index in [9.17, 15) is 13.2 Å². The summed E-state index contributed by atoms with van der Waals surface area (Å²) in [5.41, 5.74) is 0.370. The van der Waals surface area contributed by atoms with E-state index in [4.69, 9.17) is 16.3 Å². The number of benzene rings is 2. The van der Waals surface area contributed by atoms with Crippen LogP contribution in [0.1, 0.15) is 6.92 Å². The van der Waals surface area contributed by atoms with Crippen LogP contribution in [-0.2, 0) is 14.8 Å². The topological polar surface area (TPSA) is 75.7 Å². The van der Waals surface area contributed by atoms with Crippen LogP contribution in [0.4, 0.5) is 5.69 Å². The number of halogens is 1. The van der Waals surface area contributed by atoms with Crippen LogP contribution in [0.3, 0.4) is 0 Å². The average Bonchev–Trinajstić information content (AvgIpc) is 2.54. The lowest BCUT2D eigenvalue weighted by Crippen LogP contribution is -2.30. The summed E-state index contributed by atoms with van der Waals surface area (Å²) < 4.78 is 31.0. The largest absolute Gasteiger partial charge is 0.481 e. The summed E-state index contributed by atoms with van der Waals surface area (Å²) >= 11 is 5.88. The van der Waals surface area contributed by atoms with Crippen LogP contribution in [0.2, 0.25) is 5.02 Å². The Hall–Kier alpha value is -2.09. The third-order valence-corrected chi connectivity index (χ3v) is 5.40. The lowest BCUT2D eigenvalue weighted by Gasteiger charge is -2.16. The number of nitrogens with one attached hydrogen (secondary N) is 1. The van der Waals surface area contributed by atoms with Gasteiger partial charge in [0.1, 0.15) is 5.75 Å². The van der Waals surface area contributed by atoms with Crippen LogP contribution < -0.4 is 10.1 Å². The van der Waals surface area contributed by atoms with Crippen molar-refractivity contribution < 1.29 is 17.9 Å². The number of hydrogen-bond acceptors (Lipinski definition) is 4. The van der Waals surface area contributed by atoms with Gasteiger partial charge in [-0.25, -0.2) is 12.7 Å². The van der Waals surface area contributed by atoms with E-state index in [1.807, 2.05) is 0 Å². The number of ether oxygens (including phenoxy) is 1. The smallest absolute Gasteiger partial charge is 0.265 e. The normalized spacial score (nSPS) is 12.7. The van der Waals surface area contributed by atoms with Gasteiger partial charge in [-0.05, 0) is 43.3 Å². The maximum absolute atomic E-state index is 12.3. The molecule has 2 aromatic rings. The summed E-state index contributed by atoms with van der Waals surface area (Å²) in [5, 5.41) is 3.15. The first kappa shape index (κ1) is 19.2. The van der Waals surface area contributed by atoms with Gasteiger partial charge in [-0.1, -0.05) is 23.7 Å². The molecule has 0 aromatic heterocycles. The standard InChI is InChI=1S/C17H19ClN2O4S/c1-12(24-15-8-4-6-13(18)10-15)17(21)19-14-7-5-9-16(11-14)25(22,23)20(2)3/h4-12H,1-3H3,(H,19,21). The minimum atomic E-state index is -3.57. The van der Waals surface area contributed by atoms with Gasteiger partial charge in [0.05, 0.1) is 4.90 Å². The zero-order valence-electron chi connectivity index (χ0n) is 14.1. The third kappa shape index (κ3) is 4.94. The molecule has 0 saturated heterocycles. The molecule has 1 atom stereocenters. The Morgan fingerprint density at radius 2 is 1.84 bits per heavy atom. The van der Waals surface area contributed by atoms with Crippen molar-refractivity contribution in [1.29, 1.82) is 0 Å². The molecule has 0 fully saturated rings. The number of hydrogen-bond donors (Lipinski definition) is 1. The summed E-state index contributed by atoms with van der Waals surface area (Å²) in [6, 6.07) is 12.8. The van der Waals surface area contributed by atoms with Crippen molar-refractivity contribution in [3.05, 3.63) is 53.6 Å². The van der Waals surface area contributed by atoms with Crippen molar-refractivity contribution >= 4 is 33.2 Å². The van der Waals surface area contributed by atoms with Gasteiger partial charge in [-0.2, -0.15) is 0 Å². The Morgan fingerprint density at radius 1 is 1.16 bits per heavy atom. The maximum atomic E-state index is 12.3. The fourth-order valence-electron chi connectivity index (χ4n) is 1.99. The van der Waals surface area contributed by atoms with E-state index in [2.05, 4.69) is 5.32 Å². The highest BCUT2D eigenvalue weighted by Crippen LogP contribution is 2.20. The molecule has 1 N–H and O–H groups in total. The van der Waals surface area contributed by atoms with Crippen molar-refractivity contribution in [2.45, 2.75) is 17.9 Å². The number of sulfonamides is 1. The zero-order chi connectivity index (χ0) is 18.6. The molecule has 0 radical (unpaired) electrons. The Kier molecular flexibility index (Phi) is 6.05. The van der Waals surface area contributed by atoms with Gasteiger partial charge in [0.25, 0.3) is 5.91 Å². The van der Waals surface area contributed by atoms with Crippen LogP contribution in [0.5, 0.6) is 5.75 Å². The lowest BCUT2D eigenvalue weighted by atomic mass is 10.3. The lowest BCUT2D eigenvalue weighted by molar-refractivity contribution is -0.122. The molecular formula is C17H19ClN2O4S. The number of carbonyl (C=O) groups is 1. The van der Waals surface area contributed by atoms with Crippen molar-refractivity contribution in [1.82, 2.24) is 4.31 Å². The van der Waals surface area contributed by atoms with Crippen LogP contribution >= 0.6 is 11.6 Å². The molecular weight excluding hydrogens is 364 g/mol. The highest BCUT2D eigenvalue weighted by Gasteiger charge is 2.19. The summed E-state index contributed by atoms with van der Waals surface area (Å²) in [4.78, 5) is 12.4. The van der Waals surface area contributed by atoms with E-state index < -0.39 is 22.0 Å². The van der Waals surface area contributed by atoms with E-state index >= 15 is 0 Å². The number of rotatable bonds is 6. The van der Waals surface area contributed by atoms with E-state index in [-0.39, 0.29) is 4.90 Å². The zero-order valence-corrected chi connectivity index (χ0v) is 15.6. The molecule has 25 heavy (non-hydrogen) atoms. The summed E-state index contributed by atoms with van der Waals surface area (Å²) in [6.45, 7) is 1.59. The number of carbonyl (C=O) groups excluding carboxylic acids is 1. The van der Waals surface area contributed by atoms with Gasteiger partial charge < -0.3 is 10.1 Å². The molecule has 0 aliphatic rings. The number of nitrogens with zero attached hydrogens (tertiary/aromatic N) is 1. The Morgan fingerprint density at radius 3 is 2.48 bits per heavy atom. The van der Waals surface area contributed by atoms with Crippen molar-refractivity contribution in [3.63, 3.8) is 0 Å². The van der Waals surface area contributed by atoms with Gasteiger partial charge >= 0.3 is 0 Å². The van der Waals surface area contributed by atoms with Crippen molar-refractivity contribution in [2.24, 2.45) is 0 Å². The van der Waals surface area contributed by atoms with Gasteiger partial charge in [-0.15, -0.1) is 0 Å². The molecule has 1 unspecified atom stereocenters. The molecule has 0 aliphatic carbocycles. The average molecular weight is 383 g/mol. The summed E-state index contributed by atoms with van der Waals surface area (Å²) in [6.07, 6.45) is -0.785. The molecule has 8 heteroatoms. The Labute approximate surface area is 152 Å². The molecule has 2 aromatic carbocycles. The minimum Gasteiger partial charge on any atom is -0.481 e. The number of anilines is 1. The molecule has 0 heterocycles. The summed E-state index contributed by atoms with van der Waals surface area (Å²) in [5.74, 6) is 0.0680. The monoisotopic (exact) mass is 382 g/mol. The van der Waals surface area contributed by atoms with E-state index in [1.165, 1.54) is 26.2 Å². The first-order chi connectivity index (χ1) is 11.7. The van der Waals surface area contributed by atoms with Gasteiger partial charge in [0, 0.05) is 24.8 Å². The third-order valence-electron chi connectivity index (χ3n) is 3.36. The predicted octanol–water partition coefficient (Wildman–Crippen LogP) is 3.00.